The maximum absolute atomic E-state index is 12.7. The molecule has 1 atom stereocenters. The van der Waals surface area contributed by atoms with Gasteiger partial charge in [-0.25, -0.2) is 0 Å². The van der Waals surface area contributed by atoms with E-state index in [9.17, 15) is 14.4 Å². The second-order valence-electron chi connectivity index (χ2n) is 6.61. The summed E-state index contributed by atoms with van der Waals surface area (Å²) in [5.74, 6) is -1.00. The average molecular weight is 346 g/mol. The van der Waals surface area contributed by atoms with E-state index in [1.54, 1.807) is 12.0 Å². The number of benzene rings is 1. The molecule has 1 aliphatic heterocycles. The number of carbonyl (C=O) groups excluding carboxylic acids is 2. The molecule has 7 heteroatoms. The van der Waals surface area contributed by atoms with Gasteiger partial charge in [0.25, 0.3) is 0 Å². The number of carboxylic acid groups (broad SMARTS) is 1. The van der Waals surface area contributed by atoms with Crippen molar-refractivity contribution in [3.8, 4) is 5.75 Å². The second-order valence-corrected chi connectivity index (χ2v) is 6.61. The van der Waals surface area contributed by atoms with E-state index in [-0.39, 0.29) is 30.8 Å². The van der Waals surface area contributed by atoms with E-state index in [4.69, 9.17) is 9.84 Å². The molecule has 2 amide bonds. The van der Waals surface area contributed by atoms with E-state index in [1.807, 2.05) is 24.3 Å². The first kappa shape index (κ1) is 17.3. The molecule has 1 aromatic carbocycles. The molecule has 2 fully saturated rings. The third kappa shape index (κ3) is 4.10. The summed E-state index contributed by atoms with van der Waals surface area (Å²) in [4.78, 5) is 39.0. The fraction of sp³-hybridized carbons (Fsp3) is 0.500. The van der Waals surface area contributed by atoms with Gasteiger partial charge >= 0.3 is 5.97 Å². The monoisotopic (exact) mass is 346 g/mol. The van der Waals surface area contributed by atoms with Crippen molar-refractivity contribution in [3.63, 3.8) is 0 Å². The molecular formula is C18H22N2O5. The number of nitrogens with zero attached hydrogens (tertiary/aromatic N) is 2. The minimum Gasteiger partial charge on any atom is -0.497 e. The van der Waals surface area contributed by atoms with Gasteiger partial charge in [0, 0.05) is 25.6 Å². The Balaban J connectivity index is 1.62. The maximum atomic E-state index is 12.7. The maximum Gasteiger partial charge on any atom is 0.323 e. The number of methoxy groups -OCH3 is 1. The number of carbonyl (C=O) groups is 3. The summed E-state index contributed by atoms with van der Waals surface area (Å²) in [7, 11) is 1.60. The highest BCUT2D eigenvalue weighted by Gasteiger charge is 2.41. The molecule has 1 aromatic rings. The Morgan fingerprint density at radius 2 is 1.96 bits per heavy atom. The largest absolute Gasteiger partial charge is 0.497 e. The summed E-state index contributed by atoms with van der Waals surface area (Å²) in [5.41, 5.74) is 0.965. The first-order valence-corrected chi connectivity index (χ1v) is 8.41. The van der Waals surface area contributed by atoms with Gasteiger partial charge in [-0.1, -0.05) is 12.1 Å². The lowest BCUT2D eigenvalue weighted by molar-refractivity contribution is -0.146. The summed E-state index contributed by atoms with van der Waals surface area (Å²) in [6.45, 7) is 0.494. The Bertz CT molecular complexity index is 669. The van der Waals surface area contributed by atoms with Crippen LogP contribution in [0.15, 0.2) is 24.3 Å². The molecule has 1 N–H and O–H groups in total. The molecule has 0 aromatic heterocycles. The van der Waals surface area contributed by atoms with E-state index in [0.717, 1.165) is 24.2 Å². The van der Waals surface area contributed by atoms with E-state index in [1.165, 1.54) is 4.90 Å². The number of rotatable bonds is 7. The first-order chi connectivity index (χ1) is 12.0. The van der Waals surface area contributed by atoms with E-state index in [0.29, 0.717) is 13.1 Å². The number of carboxylic acids is 1. The van der Waals surface area contributed by atoms with Crippen LogP contribution in [0, 0.1) is 5.92 Å². The van der Waals surface area contributed by atoms with Gasteiger partial charge in [-0.15, -0.1) is 0 Å². The second kappa shape index (κ2) is 7.13. The molecule has 1 saturated heterocycles. The van der Waals surface area contributed by atoms with Crippen molar-refractivity contribution in [1.82, 2.24) is 9.80 Å². The summed E-state index contributed by atoms with van der Waals surface area (Å²) < 4.78 is 5.12. The van der Waals surface area contributed by atoms with Crippen LogP contribution < -0.4 is 4.74 Å². The average Bonchev–Trinajstić information content (AvgIpc) is 3.37. The van der Waals surface area contributed by atoms with Crippen molar-refractivity contribution in [3.05, 3.63) is 29.8 Å². The van der Waals surface area contributed by atoms with Crippen molar-refractivity contribution < 1.29 is 24.2 Å². The summed E-state index contributed by atoms with van der Waals surface area (Å²) >= 11 is 0. The quantitative estimate of drug-likeness (QED) is 0.799. The Morgan fingerprint density at radius 3 is 2.52 bits per heavy atom. The van der Waals surface area contributed by atoms with Crippen molar-refractivity contribution in [1.29, 1.82) is 0 Å². The normalized spacial score (nSPS) is 19.8. The van der Waals surface area contributed by atoms with Crippen molar-refractivity contribution in [2.75, 3.05) is 20.2 Å². The Labute approximate surface area is 146 Å². The minimum absolute atomic E-state index is 0.0225. The first-order valence-electron chi connectivity index (χ1n) is 8.41. The molecule has 0 bridgehead atoms. The third-order valence-electron chi connectivity index (χ3n) is 4.67. The molecule has 1 unspecified atom stereocenters. The van der Waals surface area contributed by atoms with E-state index >= 15 is 0 Å². The van der Waals surface area contributed by atoms with Crippen LogP contribution >= 0.6 is 0 Å². The molecule has 1 aliphatic carbocycles. The van der Waals surface area contributed by atoms with Gasteiger partial charge in [-0.05, 0) is 30.5 Å². The highest BCUT2D eigenvalue weighted by molar-refractivity contribution is 5.91. The van der Waals surface area contributed by atoms with Gasteiger partial charge in [0.2, 0.25) is 11.8 Å². The fourth-order valence-corrected chi connectivity index (χ4v) is 3.20. The predicted octanol–water partition coefficient (Wildman–Crippen LogP) is 1.12. The van der Waals surface area contributed by atoms with Crippen molar-refractivity contribution in [2.45, 2.75) is 31.8 Å². The Hall–Kier alpha value is -2.57. The molecule has 25 heavy (non-hydrogen) atoms. The molecular weight excluding hydrogens is 324 g/mol. The zero-order valence-electron chi connectivity index (χ0n) is 14.2. The number of amides is 2. The zero-order chi connectivity index (χ0) is 18.0. The third-order valence-corrected chi connectivity index (χ3v) is 4.67. The van der Waals surface area contributed by atoms with E-state index in [2.05, 4.69) is 0 Å². The van der Waals surface area contributed by atoms with Crippen LogP contribution in [-0.4, -0.2) is 58.9 Å². The summed E-state index contributed by atoms with van der Waals surface area (Å²) in [6, 6.07) is 7.47. The van der Waals surface area contributed by atoms with Gasteiger partial charge in [0.1, 0.15) is 12.3 Å². The van der Waals surface area contributed by atoms with Gasteiger partial charge < -0.3 is 19.6 Å². The lowest BCUT2D eigenvalue weighted by atomic mass is 10.1. The van der Waals surface area contributed by atoms with Crippen LogP contribution in [-0.2, 0) is 20.9 Å². The van der Waals surface area contributed by atoms with Gasteiger partial charge in [0.05, 0.1) is 13.0 Å². The van der Waals surface area contributed by atoms with Crippen molar-refractivity contribution in [2.24, 2.45) is 5.92 Å². The van der Waals surface area contributed by atoms with Crippen LogP contribution in [0.25, 0.3) is 0 Å². The van der Waals surface area contributed by atoms with Gasteiger partial charge in [0.15, 0.2) is 0 Å². The topological polar surface area (TPSA) is 87.2 Å². The van der Waals surface area contributed by atoms with Crippen LogP contribution in [0.4, 0.5) is 0 Å². The molecule has 2 aliphatic rings. The number of aliphatic carboxylic acids is 1. The lowest BCUT2D eigenvalue weighted by Gasteiger charge is -2.24. The molecule has 1 heterocycles. The van der Waals surface area contributed by atoms with E-state index < -0.39 is 11.9 Å². The predicted molar refractivity (Wildman–Crippen MR) is 88.9 cm³/mol. The van der Waals surface area contributed by atoms with Gasteiger partial charge in [-0.3, -0.25) is 14.4 Å². The summed E-state index contributed by atoms with van der Waals surface area (Å²) in [6.07, 6.45) is 1.84. The number of ether oxygens (including phenoxy) is 1. The zero-order valence-corrected chi connectivity index (χ0v) is 14.2. The van der Waals surface area contributed by atoms with Gasteiger partial charge in [-0.2, -0.15) is 0 Å². The molecule has 0 spiro atoms. The van der Waals surface area contributed by atoms with Crippen molar-refractivity contribution >= 4 is 17.8 Å². The fourth-order valence-electron chi connectivity index (χ4n) is 3.20. The molecule has 1 saturated carbocycles. The van der Waals surface area contributed by atoms with Crippen LogP contribution in [0.2, 0.25) is 0 Å². The highest BCUT2D eigenvalue weighted by atomic mass is 16.5. The molecule has 3 rings (SSSR count). The number of likely N-dealkylation sites (tertiary alicyclic amines) is 1. The number of hydrogen-bond donors (Lipinski definition) is 1. The number of hydrogen-bond acceptors (Lipinski definition) is 4. The minimum atomic E-state index is -1.01. The Morgan fingerprint density at radius 1 is 1.28 bits per heavy atom. The summed E-state index contributed by atoms with van der Waals surface area (Å²) in [5, 5.41) is 9.01. The molecule has 7 nitrogen and oxygen atoms in total. The SMILES string of the molecule is COc1ccc(CN2CC(C(=O)N(CC(=O)O)C3CC3)CC2=O)cc1. The van der Waals surface area contributed by atoms with Crippen LogP contribution in [0.3, 0.4) is 0 Å². The standard InChI is InChI=1S/C18H22N2O5/c1-25-15-6-2-12(3-7-15)9-19-10-13(8-16(19)21)18(24)20(11-17(22)23)14-4-5-14/h2-3,6-7,13-14H,4-5,8-11H2,1H3,(H,22,23). The van der Waals surface area contributed by atoms with Crippen LogP contribution in [0.5, 0.6) is 5.75 Å². The smallest absolute Gasteiger partial charge is 0.323 e. The Kier molecular flexibility index (Phi) is 4.92. The highest BCUT2D eigenvalue weighted by Crippen LogP contribution is 2.30. The molecule has 134 valence electrons. The lowest BCUT2D eigenvalue weighted by Crippen LogP contribution is -2.42. The van der Waals surface area contributed by atoms with Crippen LogP contribution in [0.1, 0.15) is 24.8 Å². The molecule has 0 radical (unpaired) electrons.